The normalized spacial score (nSPS) is 12.7. The van der Waals surface area contributed by atoms with E-state index in [1.807, 2.05) is 0 Å². The molecule has 0 aliphatic carbocycles. The Labute approximate surface area is 152 Å². The number of rotatable bonds is 6. The quantitative estimate of drug-likeness (QED) is 0.806. The van der Waals surface area contributed by atoms with Crippen LogP contribution in [-0.4, -0.2) is 38.8 Å². The SMILES string of the molecule is C[C@H](Nc1ccc(Cl)cc1)C(=O)Nc1cccc(S(=O)(=O)N(C)C)c1. The molecule has 0 saturated carbocycles. The van der Waals surface area contributed by atoms with Gasteiger partial charge in [0.1, 0.15) is 6.04 Å². The first-order valence-corrected chi connectivity index (χ1v) is 9.37. The van der Waals surface area contributed by atoms with E-state index in [0.717, 1.165) is 9.99 Å². The lowest BCUT2D eigenvalue weighted by atomic mass is 10.2. The molecule has 0 aliphatic heterocycles. The third-order valence-electron chi connectivity index (χ3n) is 3.50. The molecular formula is C17H20ClN3O3S. The molecule has 1 amide bonds. The van der Waals surface area contributed by atoms with E-state index in [1.165, 1.54) is 26.2 Å². The number of hydrogen-bond acceptors (Lipinski definition) is 4. The van der Waals surface area contributed by atoms with E-state index in [9.17, 15) is 13.2 Å². The summed E-state index contributed by atoms with van der Waals surface area (Å²) < 4.78 is 25.4. The Morgan fingerprint density at radius 2 is 1.72 bits per heavy atom. The van der Waals surface area contributed by atoms with Crippen LogP contribution in [0.2, 0.25) is 5.02 Å². The lowest BCUT2D eigenvalue weighted by Gasteiger charge is -2.16. The molecule has 6 nitrogen and oxygen atoms in total. The number of hydrogen-bond donors (Lipinski definition) is 2. The molecule has 8 heteroatoms. The largest absolute Gasteiger partial charge is 0.374 e. The maximum atomic E-state index is 12.3. The first-order valence-electron chi connectivity index (χ1n) is 7.56. The molecule has 1 atom stereocenters. The highest BCUT2D eigenvalue weighted by atomic mass is 35.5. The third kappa shape index (κ3) is 4.94. The van der Waals surface area contributed by atoms with Crippen LogP contribution in [0.5, 0.6) is 0 Å². The molecule has 0 bridgehead atoms. The van der Waals surface area contributed by atoms with Gasteiger partial charge in [-0.15, -0.1) is 0 Å². The maximum absolute atomic E-state index is 12.3. The van der Waals surface area contributed by atoms with E-state index >= 15 is 0 Å². The Morgan fingerprint density at radius 3 is 2.32 bits per heavy atom. The molecule has 0 heterocycles. The molecule has 134 valence electrons. The van der Waals surface area contributed by atoms with Crippen LogP contribution >= 0.6 is 11.6 Å². The average Bonchev–Trinajstić information content (AvgIpc) is 2.57. The van der Waals surface area contributed by atoms with Crippen molar-refractivity contribution in [2.75, 3.05) is 24.7 Å². The van der Waals surface area contributed by atoms with Crippen LogP contribution in [0.15, 0.2) is 53.4 Å². The average molecular weight is 382 g/mol. The molecule has 2 aromatic carbocycles. The molecule has 2 aromatic rings. The Balaban J connectivity index is 2.08. The van der Waals surface area contributed by atoms with Crippen molar-refractivity contribution in [1.82, 2.24) is 4.31 Å². The minimum atomic E-state index is -3.55. The van der Waals surface area contributed by atoms with Crippen LogP contribution in [0, 0.1) is 0 Å². The smallest absolute Gasteiger partial charge is 0.246 e. The summed E-state index contributed by atoms with van der Waals surface area (Å²) in [4.78, 5) is 12.4. The van der Waals surface area contributed by atoms with Crippen LogP contribution in [0.4, 0.5) is 11.4 Å². The Morgan fingerprint density at radius 1 is 1.08 bits per heavy atom. The number of halogens is 1. The van der Waals surface area contributed by atoms with Gasteiger partial charge in [0, 0.05) is 30.5 Å². The van der Waals surface area contributed by atoms with Crippen molar-refractivity contribution in [3.8, 4) is 0 Å². The molecular weight excluding hydrogens is 362 g/mol. The second-order valence-electron chi connectivity index (χ2n) is 5.68. The molecule has 0 radical (unpaired) electrons. The summed E-state index contributed by atoms with van der Waals surface area (Å²) in [7, 11) is -0.640. The van der Waals surface area contributed by atoms with Crippen molar-refractivity contribution in [3.05, 3.63) is 53.6 Å². The molecule has 2 N–H and O–H groups in total. The minimum absolute atomic E-state index is 0.119. The van der Waals surface area contributed by atoms with Crippen molar-refractivity contribution in [1.29, 1.82) is 0 Å². The molecule has 0 spiro atoms. The predicted molar refractivity (Wildman–Crippen MR) is 100 cm³/mol. The maximum Gasteiger partial charge on any atom is 0.246 e. The van der Waals surface area contributed by atoms with Crippen molar-refractivity contribution < 1.29 is 13.2 Å². The Hall–Kier alpha value is -2.09. The number of carbonyl (C=O) groups excluding carboxylic acids is 1. The number of sulfonamides is 1. The molecule has 25 heavy (non-hydrogen) atoms. The summed E-state index contributed by atoms with van der Waals surface area (Å²) in [5.41, 5.74) is 1.17. The van der Waals surface area contributed by atoms with Gasteiger partial charge in [0.05, 0.1) is 4.90 Å². The Bertz CT molecular complexity index is 852. The number of nitrogens with zero attached hydrogens (tertiary/aromatic N) is 1. The zero-order valence-electron chi connectivity index (χ0n) is 14.2. The van der Waals surface area contributed by atoms with Crippen LogP contribution in [0.3, 0.4) is 0 Å². The fourth-order valence-corrected chi connectivity index (χ4v) is 3.13. The second kappa shape index (κ2) is 7.86. The van der Waals surface area contributed by atoms with Crippen LogP contribution in [0.1, 0.15) is 6.92 Å². The summed E-state index contributed by atoms with van der Waals surface area (Å²) in [5, 5.41) is 6.38. The highest BCUT2D eigenvalue weighted by molar-refractivity contribution is 7.89. The van der Waals surface area contributed by atoms with Gasteiger partial charge in [-0.05, 0) is 49.4 Å². The van der Waals surface area contributed by atoms with Gasteiger partial charge < -0.3 is 10.6 Å². The summed E-state index contributed by atoms with van der Waals surface area (Å²) in [6.45, 7) is 1.71. The lowest BCUT2D eigenvalue weighted by Crippen LogP contribution is -2.32. The van der Waals surface area contributed by atoms with Gasteiger partial charge in [0.2, 0.25) is 15.9 Å². The van der Waals surface area contributed by atoms with Gasteiger partial charge in [-0.25, -0.2) is 12.7 Å². The van der Waals surface area contributed by atoms with Crippen LogP contribution in [0.25, 0.3) is 0 Å². The third-order valence-corrected chi connectivity index (χ3v) is 5.56. The van der Waals surface area contributed by atoms with E-state index in [2.05, 4.69) is 10.6 Å². The van der Waals surface area contributed by atoms with Crippen molar-refractivity contribution in [2.45, 2.75) is 17.9 Å². The molecule has 2 rings (SSSR count). The highest BCUT2D eigenvalue weighted by Gasteiger charge is 2.18. The van der Waals surface area contributed by atoms with E-state index in [1.54, 1.807) is 43.3 Å². The molecule has 0 fully saturated rings. The monoisotopic (exact) mass is 381 g/mol. The molecule has 0 unspecified atom stereocenters. The van der Waals surface area contributed by atoms with E-state index < -0.39 is 16.1 Å². The number of benzene rings is 2. The zero-order valence-corrected chi connectivity index (χ0v) is 15.7. The molecule has 0 aliphatic rings. The number of nitrogens with one attached hydrogen (secondary N) is 2. The van der Waals surface area contributed by atoms with Gasteiger partial charge in [-0.3, -0.25) is 4.79 Å². The van der Waals surface area contributed by atoms with Gasteiger partial charge in [0.25, 0.3) is 0 Å². The first kappa shape index (κ1) is 19.2. The number of amides is 1. The topological polar surface area (TPSA) is 78.5 Å². The summed E-state index contributed by atoms with van der Waals surface area (Å²) in [6.07, 6.45) is 0. The first-order chi connectivity index (χ1) is 11.7. The van der Waals surface area contributed by atoms with Crippen molar-refractivity contribution in [2.24, 2.45) is 0 Å². The highest BCUT2D eigenvalue weighted by Crippen LogP contribution is 2.19. The van der Waals surface area contributed by atoms with Crippen LogP contribution in [-0.2, 0) is 14.8 Å². The summed E-state index contributed by atoms with van der Waals surface area (Å²) >= 11 is 5.83. The van der Waals surface area contributed by atoms with Gasteiger partial charge in [-0.2, -0.15) is 0 Å². The summed E-state index contributed by atoms with van der Waals surface area (Å²) in [6, 6.07) is 12.6. The van der Waals surface area contributed by atoms with E-state index in [4.69, 9.17) is 11.6 Å². The summed E-state index contributed by atoms with van der Waals surface area (Å²) in [5.74, 6) is -0.283. The predicted octanol–water partition coefficient (Wildman–Crippen LogP) is 3.03. The van der Waals surface area contributed by atoms with Gasteiger partial charge in [0.15, 0.2) is 0 Å². The fourth-order valence-electron chi connectivity index (χ4n) is 2.06. The van der Waals surface area contributed by atoms with Crippen molar-refractivity contribution in [3.63, 3.8) is 0 Å². The van der Waals surface area contributed by atoms with E-state index in [-0.39, 0.29) is 10.8 Å². The zero-order chi connectivity index (χ0) is 18.6. The van der Waals surface area contributed by atoms with E-state index in [0.29, 0.717) is 10.7 Å². The standard InChI is InChI=1S/C17H20ClN3O3S/c1-12(19-14-9-7-13(18)8-10-14)17(22)20-15-5-4-6-16(11-15)25(23,24)21(2)3/h4-12,19H,1-3H3,(H,20,22)/t12-/m0/s1. The lowest BCUT2D eigenvalue weighted by molar-refractivity contribution is -0.116. The Kier molecular flexibility index (Phi) is 6.05. The fraction of sp³-hybridized carbons (Fsp3) is 0.235. The van der Waals surface area contributed by atoms with Crippen molar-refractivity contribution >= 4 is 38.9 Å². The van der Waals surface area contributed by atoms with Gasteiger partial charge in [-0.1, -0.05) is 17.7 Å². The number of anilines is 2. The number of carbonyl (C=O) groups is 1. The molecule has 0 aromatic heterocycles. The van der Waals surface area contributed by atoms with Gasteiger partial charge >= 0.3 is 0 Å². The van der Waals surface area contributed by atoms with Crippen LogP contribution < -0.4 is 10.6 Å². The molecule has 0 saturated heterocycles. The second-order valence-corrected chi connectivity index (χ2v) is 8.27. The minimum Gasteiger partial charge on any atom is -0.374 e.